The Hall–Kier alpha value is 1.31. The number of rotatable bonds is 0. The van der Waals surface area contributed by atoms with Crippen molar-refractivity contribution in [3.63, 3.8) is 0 Å². The topological polar surface area (TPSA) is 93.2 Å². The summed E-state index contributed by atoms with van der Waals surface area (Å²) in [6, 6.07) is 0. The molecule has 0 aromatic rings. The fourth-order valence-electron chi connectivity index (χ4n) is 0. The molecule has 0 rings (SSSR count). The molecule has 7 heavy (non-hydrogen) atoms. The third-order valence-electron chi connectivity index (χ3n) is 0. The van der Waals surface area contributed by atoms with Crippen molar-refractivity contribution >= 4 is 51.6 Å². The predicted molar refractivity (Wildman–Crippen MR) is 13.1 cm³/mol. The van der Waals surface area contributed by atoms with Gasteiger partial charge in [0.25, 0.3) is 0 Å². The van der Waals surface area contributed by atoms with Crippen LogP contribution in [0.15, 0.2) is 0 Å². The van der Waals surface area contributed by atoms with E-state index in [0.717, 1.165) is 0 Å². The van der Waals surface area contributed by atoms with E-state index in [1.54, 1.807) is 0 Å². The van der Waals surface area contributed by atoms with Crippen LogP contribution in [0, 0.1) is 0 Å². The zero-order valence-electron chi connectivity index (χ0n) is 3.88. The van der Waals surface area contributed by atoms with Crippen LogP contribution in [-0.2, 0) is 0 Å². The van der Waals surface area contributed by atoms with Gasteiger partial charge in [-0.15, -0.1) is 0 Å². The molecular weight excluding hydrogens is 171 g/mol. The Morgan fingerprint density at radius 1 is 1.29 bits per heavy atom. The van der Waals surface area contributed by atoms with Crippen molar-refractivity contribution in [1.29, 1.82) is 0 Å². The first-order valence-corrected chi connectivity index (χ1v) is 0.612. The van der Waals surface area contributed by atoms with Crippen molar-refractivity contribution in [1.82, 2.24) is 0 Å². The quantitative estimate of drug-likeness (QED) is 0.339. The van der Waals surface area contributed by atoms with Crippen LogP contribution in [0.3, 0.4) is 0 Å². The van der Waals surface area contributed by atoms with Gasteiger partial charge in [-0.3, -0.25) is 0 Å². The van der Waals surface area contributed by atoms with Crippen LogP contribution in [0.5, 0.6) is 0 Å². The molecule has 0 aromatic carbocycles. The molecule has 0 bridgehead atoms. The molecule has 0 radical (unpaired) electrons. The second kappa shape index (κ2) is 15.7. The molecule has 0 amide bonds. The molecular formula is CHLiO4Sr. The van der Waals surface area contributed by atoms with Gasteiger partial charge in [-0.05, 0) is 6.16 Å². The third-order valence-corrected chi connectivity index (χ3v) is 0. The summed E-state index contributed by atoms with van der Waals surface area (Å²) in [4.78, 5) is 8.33. The molecule has 0 heterocycles. The van der Waals surface area contributed by atoms with Crippen LogP contribution < -0.4 is 29.1 Å². The summed E-state index contributed by atoms with van der Waals surface area (Å²) in [5, 5.41) is 16.7. The second-order valence-electron chi connectivity index (χ2n) is 0.250. The average Bonchev–Trinajstić information content (AvgIpc) is 0.811. The molecule has 0 aromatic heterocycles. The first-order valence-electron chi connectivity index (χ1n) is 0.612. The van der Waals surface area contributed by atoms with E-state index in [2.05, 4.69) is 0 Å². The Morgan fingerprint density at radius 2 is 1.29 bits per heavy atom. The minimum atomic E-state index is -2.33. The van der Waals surface area contributed by atoms with Crippen molar-refractivity contribution in [3.05, 3.63) is 0 Å². The maximum atomic E-state index is 8.33. The Balaban J connectivity index is -0.0000000150. The van der Waals surface area contributed by atoms with Crippen molar-refractivity contribution in [3.8, 4) is 0 Å². The fourth-order valence-corrected chi connectivity index (χ4v) is 0. The largest absolute Gasteiger partial charge is 2.00 e. The molecule has 4 nitrogen and oxygen atoms in total. The van der Waals surface area contributed by atoms with E-state index >= 15 is 0 Å². The van der Waals surface area contributed by atoms with Gasteiger partial charge in [0.05, 0.1) is 0 Å². The zero-order valence-corrected chi connectivity index (χ0v) is 7.36. The molecule has 32 valence electrons. The van der Waals surface area contributed by atoms with Gasteiger partial charge in [0.1, 0.15) is 0 Å². The molecule has 0 unspecified atom stereocenters. The van der Waals surface area contributed by atoms with Gasteiger partial charge in [-0.2, -0.15) is 0 Å². The maximum absolute atomic E-state index is 8.33. The summed E-state index contributed by atoms with van der Waals surface area (Å²) in [5.41, 5.74) is 0. The number of carbonyl (C=O) groups excluding carboxylic acids is 1. The summed E-state index contributed by atoms with van der Waals surface area (Å²) >= 11 is 0. The van der Waals surface area contributed by atoms with Gasteiger partial charge in [-0.25, -0.2) is 0 Å². The first-order chi connectivity index (χ1) is 1.73. The summed E-state index contributed by atoms with van der Waals surface area (Å²) in [6.45, 7) is 0. The van der Waals surface area contributed by atoms with Crippen LogP contribution >= 0.6 is 0 Å². The second-order valence-corrected chi connectivity index (χ2v) is 0.250. The van der Waals surface area contributed by atoms with Crippen LogP contribution in [0.1, 0.15) is 0 Å². The Bertz CT molecular complexity index is 34.7. The molecule has 0 aliphatic heterocycles. The van der Waals surface area contributed by atoms with Gasteiger partial charge in [0, 0.05) is 0 Å². The van der Waals surface area contributed by atoms with Crippen LogP contribution in [0.2, 0.25) is 0 Å². The summed E-state index contributed by atoms with van der Waals surface area (Å²) in [5.74, 6) is 0. The molecule has 0 atom stereocenters. The standard InChI is InChI=1S/CH2O3.Li.H2O.Sr/c2-1(3)4;;;/h(H2,2,3,4);;1H2;/q;+1;;+2/p-3. The number of carboxylic acid groups (broad SMARTS) is 2. The molecule has 0 saturated carbocycles. The van der Waals surface area contributed by atoms with E-state index in [1.165, 1.54) is 0 Å². The van der Waals surface area contributed by atoms with Crippen LogP contribution in [0.25, 0.3) is 0 Å². The Kier molecular flexibility index (Phi) is 53.5. The van der Waals surface area contributed by atoms with E-state index in [1.807, 2.05) is 0 Å². The van der Waals surface area contributed by atoms with Gasteiger partial charge < -0.3 is 20.5 Å². The van der Waals surface area contributed by atoms with E-state index in [9.17, 15) is 0 Å². The van der Waals surface area contributed by atoms with E-state index in [4.69, 9.17) is 15.0 Å². The molecule has 0 saturated heterocycles. The smallest absolute Gasteiger partial charge is 0.870 e. The zero-order chi connectivity index (χ0) is 3.58. The van der Waals surface area contributed by atoms with Gasteiger partial charge >= 0.3 is 64.3 Å². The third kappa shape index (κ3) is 120. The van der Waals surface area contributed by atoms with E-state index in [0.29, 0.717) is 0 Å². The normalized spacial score (nSPS) is 3.43. The summed E-state index contributed by atoms with van der Waals surface area (Å²) in [6.07, 6.45) is -2.33. The van der Waals surface area contributed by atoms with Gasteiger partial charge in [-0.1, -0.05) is 0 Å². The van der Waals surface area contributed by atoms with E-state index in [-0.39, 0.29) is 69.8 Å². The number of hydrogen-bond donors (Lipinski definition) is 0. The summed E-state index contributed by atoms with van der Waals surface area (Å²) < 4.78 is 0. The SMILES string of the molecule is O=C([O-])[O-].[Li+].[OH-].[Sr+2]. The van der Waals surface area contributed by atoms with Crippen LogP contribution in [-0.4, -0.2) is 57.1 Å². The van der Waals surface area contributed by atoms with E-state index < -0.39 is 6.16 Å². The van der Waals surface area contributed by atoms with Gasteiger partial charge in [0.15, 0.2) is 0 Å². The minimum Gasteiger partial charge on any atom is -0.870 e. The average molecular weight is 172 g/mol. The molecule has 0 aliphatic carbocycles. The Labute approximate surface area is 89.7 Å². The Morgan fingerprint density at radius 3 is 1.29 bits per heavy atom. The maximum Gasteiger partial charge on any atom is 2.00 e. The van der Waals surface area contributed by atoms with Crippen LogP contribution in [0.4, 0.5) is 4.79 Å². The number of hydrogen-bond acceptors (Lipinski definition) is 4. The molecule has 0 fully saturated rings. The van der Waals surface area contributed by atoms with Crippen molar-refractivity contribution < 1.29 is 39.3 Å². The molecule has 0 spiro atoms. The fraction of sp³-hybridized carbons (Fsp3) is 0. The molecule has 1 N–H and O–H groups in total. The van der Waals surface area contributed by atoms with Crippen molar-refractivity contribution in [2.45, 2.75) is 0 Å². The number of carbonyl (C=O) groups is 1. The van der Waals surface area contributed by atoms with Crippen molar-refractivity contribution in [2.24, 2.45) is 0 Å². The monoisotopic (exact) mass is 172 g/mol. The van der Waals surface area contributed by atoms with Crippen molar-refractivity contribution in [2.75, 3.05) is 0 Å². The molecule has 6 heteroatoms. The van der Waals surface area contributed by atoms with Gasteiger partial charge in [0.2, 0.25) is 0 Å². The first kappa shape index (κ1) is 23.9. The molecule has 0 aliphatic rings. The summed E-state index contributed by atoms with van der Waals surface area (Å²) in [7, 11) is 0. The predicted octanol–water partition coefficient (Wildman–Crippen LogP) is -6.00. The minimum absolute atomic E-state index is 0.